The Kier molecular flexibility index (Phi) is 3.23. The van der Waals surface area contributed by atoms with Gasteiger partial charge in [0.1, 0.15) is 15.7 Å². The third kappa shape index (κ3) is 3.08. The second kappa shape index (κ2) is 4.06. The number of hydrogen-bond acceptors (Lipinski definition) is 3. The van der Waals surface area contributed by atoms with Gasteiger partial charge in [-0.15, -0.1) is 0 Å². The predicted octanol–water partition coefficient (Wildman–Crippen LogP) is 0.870. The number of hydrogen-bond donors (Lipinski definition) is 1. The first kappa shape index (κ1) is 11.1. The fourth-order valence-corrected chi connectivity index (χ4v) is 2.02. The van der Waals surface area contributed by atoms with Crippen LogP contribution in [-0.4, -0.2) is 20.4 Å². The summed E-state index contributed by atoms with van der Waals surface area (Å²) in [5.41, 5.74) is 5.80. The SMILES string of the molecule is CS(=O)(=O)CC(N)c1ccccc1F. The van der Waals surface area contributed by atoms with Gasteiger partial charge in [-0.25, -0.2) is 12.8 Å². The van der Waals surface area contributed by atoms with E-state index in [0.717, 1.165) is 6.26 Å². The van der Waals surface area contributed by atoms with Crippen LogP contribution in [0.1, 0.15) is 11.6 Å². The van der Waals surface area contributed by atoms with E-state index in [1.807, 2.05) is 0 Å². The van der Waals surface area contributed by atoms with Crippen molar-refractivity contribution in [2.75, 3.05) is 12.0 Å². The van der Waals surface area contributed by atoms with Gasteiger partial charge in [0.15, 0.2) is 0 Å². The Balaban J connectivity index is 2.90. The number of sulfone groups is 1. The summed E-state index contributed by atoms with van der Waals surface area (Å²) in [7, 11) is -3.18. The average Bonchev–Trinajstić information content (AvgIpc) is 2.01. The van der Waals surface area contributed by atoms with Crippen molar-refractivity contribution in [2.45, 2.75) is 6.04 Å². The quantitative estimate of drug-likeness (QED) is 0.817. The molecule has 0 aliphatic carbocycles. The largest absolute Gasteiger partial charge is 0.323 e. The summed E-state index contributed by atoms with van der Waals surface area (Å²) in [6.45, 7) is 0. The number of benzene rings is 1. The fraction of sp³-hybridized carbons (Fsp3) is 0.333. The molecule has 0 saturated carbocycles. The normalized spacial score (nSPS) is 13.9. The third-order valence-electron chi connectivity index (χ3n) is 1.79. The molecule has 14 heavy (non-hydrogen) atoms. The lowest BCUT2D eigenvalue weighted by molar-refractivity contribution is 0.578. The average molecular weight is 217 g/mol. The minimum atomic E-state index is -3.18. The van der Waals surface area contributed by atoms with Gasteiger partial charge < -0.3 is 5.73 Å². The van der Waals surface area contributed by atoms with Gasteiger partial charge in [0.05, 0.1) is 5.75 Å². The molecule has 0 aromatic heterocycles. The van der Waals surface area contributed by atoms with Crippen molar-refractivity contribution in [1.29, 1.82) is 0 Å². The Morgan fingerprint density at radius 1 is 1.43 bits per heavy atom. The van der Waals surface area contributed by atoms with Crippen LogP contribution in [0.3, 0.4) is 0 Å². The van der Waals surface area contributed by atoms with Gasteiger partial charge in [-0.3, -0.25) is 0 Å². The first-order chi connectivity index (χ1) is 6.40. The van der Waals surface area contributed by atoms with Gasteiger partial charge in [-0.1, -0.05) is 18.2 Å². The van der Waals surface area contributed by atoms with Crippen LogP contribution in [0, 0.1) is 5.82 Å². The van der Waals surface area contributed by atoms with Crippen LogP contribution < -0.4 is 5.73 Å². The fourth-order valence-electron chi connectivity index (χ4n) is 1.19. The number of halogens is 1. The van der Waals surface area contributed by atoms with E-state index in [4.69, 9.17) is 5.73 Å². The van der Waals surface area contributed by atoms with Crippen LogP contribution in [0.25, 0.3) is 0 Å². The van der Waals surface area contributed by atoms with E-state index in [1.165, 1.54) is 18.2 Å². The molecule has 3 nitrogen and oxygen atoms in total. The Hall–Kier alpha value is -0.940. The molecule has 1 rings (SSSR count). The van der Waals surface area contributed by atoms with Gasteiger partial charge in [0.2, 0.25) is 0 Å². The second-order valence-corrected chi connectivity index (χ2v) is 5.41. The smallest absolute Gasteiger partial charge is 0.149 e. The highest BCUT2D eigenvalue weighted by Crippen LogP contribution is 2.15. The zero-order valence-electron chi connectivity index (χ0n) is 7.77. The minimum Gasteiger partial charge on any atom is -0.323 e. The van der Waals surface area contributed by atoms with E-state index in [2.05, 4.69) is 0 Å². The molecule has 1 aromatic rings. The molecule has 0 spiro atoms. The van der Waals surface area contributed by atoms with Gasteiger partial charge in [0, 0.05) is 17.9 Å². The van der Waals surface area contributed by atoms with Crippen LogP contribution in [0.15, 0.2) is 24.3 Å². The molecule has 1 atom stereocenters. The summed E-state index contributed by atoms with van der Waals surface area (Å²) < 4.78 is 35.0. The molecule has 1 unspecified atom stereocenters. The molecule has 0 aliphatic rings. The highest BCUT2D eigenvalue weighted by atomic mass is 32.2. The minimum absolute atomic E-state index is 0.234. The van der Waals surface area contributed by atoms with E-state index in [0.29, 0.717) is 0 Å². The predicted molar refractivity (Wildman–Crippen MR) is 53.0 cm³/mol. The summed E-state index contributed by atoms with van der Waals surface area (Å²) in [6, 6.07) is 5.11. The van der Waals surface area contributed by atoms with Crippen LogP contribution >= 0.6 is 0 Å². The molecule has 78 valence electrons. The third-order valence-corrected chi connectivity index (χ3v) is 2.75. The zero-order valence-corrected chi connectivity index (χ0v) is 8.59. The highest BCUT2D eigenvalue weighted by molar-refractivity contribution is 7.90. The van der Waals surface area contributed by atoms with Crippen LogP contribution in [0.5, 0.6) is 0 Å². The van der Waals surface area contributed by atoms with E-state index < -0.39 is 21.7 Å². The molecular weight excluding hydrogens is 205 g/mol. The van der Waals surface area contributed by atoms with Crippen molar-refractivity contribution in [3.8, 4) is 0 Å². The topological polar surface area (TPSA) is 60.2 Å². The van der Waals surface area contributed by atoms with Gasteiger partial charge in [-0.2, -0.15) is 0 Å². The van der Waals surface area contributed by atoms with Crippen LogP contribution in [0.4, 0.5) is 4.39 Å². The monoisotopic (exact) mass is 217 g/mol. The van der Waals surface area contributed by atoms with Crippen molar-refractivity contribution in [3.05, 3.63) is 35.6 Å². The zero-order chi connectivity index (χ0) is 10.8. The van der Waals surface area contributed by atoms with Crippen molar-refractivity contribution in [2.24, 2.45) is 5.73 Å². The summed E-state index contributed by atoms with van der Waals surface area (Å²) in [5.74, 6) is -0.711. The molecule has 0 radical (unpaired) electrons. The molecule has 0 aliphatic heterocycles. The summed E-state index contributed by atoms with van der Waals surface area (Å²) in [6.07, 6.45) is 1.08. The van der Waals surface area contributed by atoms with Crippen LogP contribution in [-0.2, 0) is 9.84 Å². The molecule has 2 N–H and O–H groups in total. The van der Waals surface area contributed by atoms with Gasteiger partial charge >= 0.3 is 0 Å². The second-order valence-electron chi connectivity index (χ2n) is 3.22. The highest BCUT2D eigenvalue weighted by Gasteiger charge is 2.15. The molecule has 0 fully saturated rings. The lowest BCUT2D eigenvalue weighted by atomic mass is 10.1. The molecule has 5 heteroatoms. The molecule has 0 heterocycles. The summed E-state index contributed by atoms with van der Waals surface area (Å²) in [5, 5.41) is 0. The maximum atomic E-state index is 13.1. The van der Waals surface area contributed by atoms with Crippen molar-refractivity contribution in [3.63, 3.8) is 0 Å². The molecular formula is C9H12FNO2S. The first-order valence-electron chi connectivity index (χ1n) is 4.08. The summed E-state index contributed by atoms with van der Waals surface area (Å²) in [4.78, 5) is 0. The van der Waals surface area contributed by atoms with E-state index >= 15 is 0 Å². The lowest BCUT2D eigenvalue weighted by Crippen LogP contribution is -2.21. The Bertz CT molecular complexity index is 417. The molecule has 0 saturated heterocycles. The molecule has 0 bridgehead atoms. The van der Waals surface area contributed by atoms with E-state index in [1.54, 1.807) is 6.07 Å². The Labute approximate surface area is 82.7 Å². The van der Waals surface area contributed by atoms with Crippen molar-refractivity contribution >= 4 is 9.84 Å². The Morgan fingerprint density at radius 2 is 2.00 bits per heavy atom. The maximum Gasteiger partial charge on any atom is 0.149 e. The molecule has 0 amide bonds. The standard InChI is InChI=1S/C9H12FNO2S/c1-14(12,13)6-9(11)7-4-2-3-5-8(7)10/h2-5,9H,6,11H2,1H3. The van der Waals surface area contributed by atoms with Crippen LogP contribution in [0.2, 0.25) is 0 Å². The van der Waals surface area contributed by atoms with Gasteiger partial charge in [0.25, 0.3) is 0 Å². The van der Waals surface area contributed by atoms with Gasteiger partial charge in [-0.05, 0) is 6.07 Å². The number of rotatable bonds is 3. The van der Waals surface area contributed by atoms with E-state index in [9.17, 15) is 12.8 Å². The summed E-state index contributed by atoms with van der Waals surface area (Å²) >= 11 is 0. The Morgan fingerprint density at radius 3 is 2.50 bits per heavy atom. The van der Waals surface area contributed by atoms with Crippen molar-refractivity contribution in [1.82, 2.24) is 0 Å². The van der Waals surface area contributed by atoms with Crippen molar-refractivity contribution < 1.29 is 12.8 Å². The van der Waals surface area contributed by atoms with E-state index in [-0.39, 0.29) is 11.3 Å². The number of nitrogens with two attached hydrogens (primary N) is 1. The molecule has 1 aromatic carbocycles. The first-order valence-corrected chi connectivity index (χ1v) is 6.14. The lowest BCUT2D eigenvalue weighted by Gasteiger charge is -2.11. The maximum absolute atomic E-state index is 13.1.